The summed E-state index contributed by atoms with van der Waals surface area (Å²) in [5.41, 5.74) is 9.69. The number of rotatable bonds is 2. The van der Waals surface area contributed by atoms with Crippen molar-refractivity contribution in [2.45, 2.75) is 39.0 Å². The summed E-state index contributed by atoms with van der Waals surface area (Å²) in [5.74, 6) is -0.256. The molecule has 1 aromatic heterocycles. The van der Waals surface area contributed by atoms with Gasteiger partial charge in [0.2, 0.25) is 5.91 Å². The summed E-state index contributed by atoms with van der Waals surface area (Å²) < 4.78 is 1.05. The molecule has 1 aromatic carbocycles. The van der Waals surface area contributed by atoms with Crippen LogP contribution in [0.15, 0.2) is 22.7 Å². The topological polar surface area (TPSA) is 72.2 Å². The second-order valence-electron chi connectivity index (χ2n) is 6.21. The van der Waals surface area contributed by atoms with E-state index in [1.165, 1.54) is 29.4 Å². The Hall–Kier alpha value is -1.66. The van der Waals surface area contributed by atoms with Gasteiger partial charge in [0.05, 0.1) is 5.56 Å². The van der Waals surface area contributed by atoms with Crippen molar-refractivity contribution in [2.75, 3.05) is 5.32 Å². The smallest absolute Gasteiger partial charge is 0.251 e. The van der Waals surface area contributed by atoms with Gasteiger partial charge in [-0.05, 0) is 47.6 Å². The Kier molecular flexibility index (Phi) is 4.78. The van der Waals surface area contributed by atoms with Gasteiger partial charge < -0.3 is 11.1 Å². The van der Waals surface area contributed by atoms with E-state index >= 15 is 0 Å². The molecule has 6 heteroatoms. The molecule has 126 valence electrons. The first-order chi connectivity index (χ1) is 11.4. The molecule has 1 heterocycles. The summed E-state index contributed by atoms with van der Waals surface area (Å²) in [5, 5.41) is 3.34. The van der Waals surface area contributed by atoms with Gasteiger partial charge in [-0.2, -0.15) is 0 Å². The molecule has 0 bridgehead atoms. The Labute approximate surface area is 153 Å². The summed E-state index contributed by atoms with van der Waals surface area (Å²) in [6.07, 6.45) is 2.48. The fourth-order valence-electron chi connectivity index (χ4n) is 3.33. The largest absolute Gasteiger partial charge is 0.365 e. The van der Waals surface area contributed by atoms with Crippen molar-refractivity contribution in [1.82, 2.24) is 0 Å². The standard InChI is InChI=1S/C18H19BrN2O2S/c1-9-3-5-14-15(8-11-7-12(19)4-6-13(9)11)24-18(21-10(2)22)16(14)17(20)23/h4,6-7,9H,3,5,8H2,1-2H3,(H2,20,23)(H,21,22). The Morgan fingerprint density at radius 1 is 1.38 bits per heavy atom. The quantitative estimate of drug-likeness (QED) is 0.783. The number of primary amides is 1. The molecule has 3 rings (SSSR count). The minimum atomic E-state index is -0.473. The molecule has 0 saturated carbocycles. The molecule has 0 fully saturated rings. The predicted molar refractivity (Wildman–Crippen MR) is 101 cm³/mol. The summed E-state index contributed by atoms with van der Waals surface area (Å²) >= 11 is 5.01. The molecule has 1 atom stereocenters. The van der Waals surface area contributed by atoms with Crippen LogP contribution in [0.1, 0.15) is 58.1 Å². The third-order valence-corrected chi connectivity index (χ3v) is 6.08. The molecule has 3 N–H and O–H groups in total. The number of benzene rings is 1. The Morgan fingerprint density at radius 2 is 2.12 bits per heavy atom. The van der Waals surface area contributed by atoms with Crippen LogP contribution in [-0.2, 0) is 17.6 Å². The van der Waals surface area contributed by atoms with Crippen molar-refractivity contribution in [1.29, 1.82) is 0 Å². The first-order valence-electron chi connectivity index (χ1n) is 7.87. The molecule has 2 aromatic rings. The third-order valence-electron chi connectivity index (χ3n) is 4.44. The molecule has 4 nitrogen and oxygen atoms in total. The van der Waals surface area contributed by atoms with E-state index in [2.05, 4.69) is 46.4 Å². The zero-order valence-corrected chi connectivity index (χ0v) is 16.0. The number of hydrogen-bond acceptors (Lipinski definition) is 3. The second kappa shape index (κ2) is 6.69. The number of carbonyl (C=O) groups is 2. The van der Waals surface area contributed by atoms with Crippen molar-refractivity contribution in [2.24, 2.45) is 5.73 Å². The van der Waals surface area contributed by atoms with Crippen molar-refractivity contribution < 1.29 is 9.59 Å². The first-order valence-corrected chi connectivity index (χ1v) is 9.48. The molecule has 0 aliphatic heterocycles. The van der Waals surface area contributed by atoms with Crippen LogP contribution < -0.4 is 11.1 Å². The maximum atomic E-state index is 12.0. The van der Waals surface area contributed by atoms with E-state index in [0.717, 1.165) is 34.2 Å². The molecule has 0 saturated heterocycles. The van der Waals surface area contributed by atoms with Crippen LogP contribution in [0.4, 0.5) is 5.00 Å². The molecule has 24 heavy (non-hydrogen) atoms. The highest BCUT2D eigenvalue weighted by Gasteiger charge is 2.26. The molecule has 0 spiro atoms. The van der Waals surface area contributed by atoms with Gasteiger partial charge in [0, 0.05) is 22.7 Å². The van der Waals surface area contributed by atoms with E-state index in [-0.39, 0.29) is 5.91 Å². The molecule has 0 radical (unpaired) electrons. The van der Waals surface area contributed by atoms with Crippen molar-refractivity contribution in [3.63, 3.8) is 0 Å². The predicted octanol–water partition coefficient (Wildman–Crippen LogP) is 4.21. The van der Waals surface area contributed by atoms with E-state index in [1.54, 1.807) is 0 Å². The molecule has 1 aliphatic rings. The summed E-state index contributed by atoms with van der Waals surface area (Å²) in [6, 6.07) is 6.39. The minimum Gasteiger partial charge on any atom is -0.365 e. The zero-order valence-electron chi connectivity index (χ0n) is 13.6. The van der Waals surface area contributed by atoms with E-state index in [1.807, 2.05) is 0 Å². The van der Waals surface area contributed by atoms with E-state index in [9.17, 15) is 9.59 Å². The highest BCUT2D eigenvalue weighted by molar-refractivity contribution is 9.10. The zero-order chi connectivity index (χ0) is 17.4. The lowest BCUT2D eigenvalue weighted by Gasteiger charge is -2.21. The van der Waals surface area contributed by atoms with Gasteiger partial charge in [-0.15, -0.1) is 11.3 Å². The van der Waals surface area contributed by atoms with Gasteiger partial charge in [-0.25, -0.2) is 0 Å². The van der Waals surface area contributed by atoms with Crippen LogP contribution in [0.3, 0.4) is 0 Å². The van der Waals surface area contributed by atoms with Crippen LogP contribution in [0.25, 0.3) is 0 Å². The number of halogens is 1. The number of nitrogens with one attached hydrogen (secondary N) is 1. The number of fused-ring (bicyclic) bond motifs is 2. The fraction of sp³-hybridized carbons (Fsp3) is 0.333. The monoisotopic (exact) mass is 406 g/mol. The highest BCUT2D eigenvalue weighted by atomic mass is 79.9. The lowest BCUT2D eigenvalue weighted by atomic mass is 9.85. The molecule has 1 aliphatic carbocycles. The van der Waals surface area contributed by atoms with Gasteiger partial charge in [0.15, 0.2) is 0 Å². The lowest BCUT2D eigenvalue weighted by Crippen LogP contribution is -2.17. The number of anilines is 1. The molecule has 1 unspecified atom stereocenters. The number of nitrogens with two attached hydrogens (primary N) is 1. The molecular weight excluding hydrogens is 388 g/mol. The van der Waals surface area contributed by atoms with Gasteiger partial charge in [0.1, 0.15) is 5.00 Å². The van der Waals surface area contributed by atoms with Crippen LogP contribution in [-0.4, -0.2) is 11.8 Å². The Morgan fingerprint density at radius 3 is 2.79 bits per heavy atom. The molecular formula is C18H19BrN2O2S. The van der Waals surface area contributed by atoms with E-state index in [0.29, 0.717) is 16.5 Å². The van der Waals surface area contributed by atoms with Gasteiger partial charge >= 0.3 is 0 Å². The van der Waals surface area contributed by atoms with E-state index in [4.69, 9.17) is 5.73 Å². The maximum absolute atomic E-state index is 12.0. The summed E-state index contributed by atoms with van der Waals surface area (Å²) in [4.78, 5) is 24.6. The SMILES string of the molecule is CC(=O)Nc1sc2c(c1C(N)=O)CCC(C)c1ccc(Br)cc1C2. The number of thiophene rings is 1. The normalized spacial score (nSPS) is 16.5. The van der Waals surface area contributed by atoms with Crippen LogP contribution >= 0.6 is 27.3 Å². The summed E-state index contributed by atoms with van der Waals surface area (Å²) in [6.45, 7) is 3.65. The molecule has 2 amide bonds. The Bertz CT molecular complexity index is 829. The first kappa shape index (κ1) is 17.2. The van der Waals surface area contributed by atoms with Gasteiger partial charge in [-0.1, -0.05) is 28.9 Å². The van der Waals surface area contributed by atoms with Crippen molar-refractivity contribution in [3.05, 3.63) is 49.8 Å². The Balaban J connectivity index is 2.14. The van der Waals surface area contributed by atoms with Crippen molar-refractivity contribution in [3.8, 4) is 0 Å². The second-order valence-corrected chi connectivity index (χ2v) is 8.23. The number of carbonyl (C=O) groups excluding carboxylic acids is 2. The number of amides is 2. The fourth-order valence-corrected chi connectivity index (χ4v) is 5.06. The van der Waals surface area contributed by atoms with Crippen LogP contribution in [0.2, 0.25) is 0 Å². The third kappa shape index (κ3) is 3.26. The van der Waals surface area contributed by atoms with E-state index < -0.39 is 5.91 Å². The number of hydrogen-bond donors (Lipinski definition) is 2. The summed E-state index contributed by atoms with van der Waals surface area (Å²) in [7, 11) is 0. The van der Waals surface area contributed by atoms with Crippen LogP contribution in [0, 0.1) is 0 Å². The minimum absolute atomic E-state index is 0.191. The average Bonchev–Trinajstić information content (AvgIpc) is 2.79. The van der Waals surface area contributed by atoms with Gasteiger partial charge in [0.25, 0.3) is 5.91 Å². The van der Waals surface area contributed by atoms with Crippen LogP contribution in [0.5, 0.6) is 0 Å². The maximum Gasteiger partial charge on any atom is 0.251 e. The average molecular weight is 407 g/mol. The highest BCUT2D eigenvalue weighted by Crippen LogP contribution is 2.40. The van der Waals surface area contributed by atoms with Crippen molar-refractivity contribution >= 4 is 44.1 Å². The lowest BCUT2D eigenvalue weighted by molar-refractivity contribution is -0.114. The van der Waals surface area contributed by atoms with Gasteiger partial charge in [-0.3, -0.25) is 9.59 Å².